The summed E-state index contributed by atoms with van der Waals surface area (Å²) in [5.74, 6) is -0.748. The van der Waals surface area contributed by atoms with E-state index in [1.807, 2.05) is 0 Å². The lowest BCUT2D eigenvalue weighted by Gasteiger charge is -2.22. The first-order valence-electron chi connectivity index (χ1n) is 3.71. The fourth-order valence-electron chi connectivity index (χ4n) is 0.861. The van der Waals surface area contributed by atoms with Gasteiger partial charge in [0.15, 0.2) is 5.78 Å². The Morgan fingerprint density at radius 1 is 1.38 bits per heavy atom. The Morgan fingerprint density at radius 2 is 1.92 bits per heavy atom. The molecule has 0 unspecified atom stereocenters. The monoisotopic (exact) mass is 194 g/mol. The second kappa shape index (κ2) is 6.01. The van der Waals surface area contributed by atoms with Crippen LogP contribution in [0, 0.1) is 0 Å². The average Bonchev–Trinajstić information content (AvgIpc) is 2.17. The van der Waals surface area contributed by atoms with Crippen molar-refractivity contribution in [1.29, 1.82) is 0 Å². The van der Waals surface area contributed by atoms with E-state index in [1.165, 1.54) is 0 Å². The summed E-state index contributed by atoms with van der Waals surface area (Å²) in [4.78, 5) is 10.9. The van der Waals surface area contributed by atoms with Crippen molar-refractivity contribution in [2.24, 2.45) is 0 Å². The minimum absolute atomic E-state index is 0.681. The highest BCUT2D eigenvalue weighted by atomic mass is 16.5. The molecule has 0 aromatic carbocycles. The summed E-state index contributed by atoms with van der Waals surface area (Å²) in [5.41, 5.74) is 0. The highest BCUT2D eigenvalue weighted by Crippen LogP contribution is 2.04. The Bertz CT molecular complexity index is 159. The van der Waals surface area contributed by atoms with Gasteiger partial charge in [-0.15, -0.1) is 0 Å². The van der Waals surface area contributed by atoms with Crippen LogP contribution < -0.4 is 0 Å². The van der Waals surface area contributed by atoms with Crippen molar-refractivity contribution in [2.75, 3.05) is 20.3 Å². The van der Waals surface area contributed by atoms with Crippen LogP contribution in [0.2, 0.25) is 0 Å². The van der Waals surface area contributed by atoms with E-state index in [1.54, 1.807) is 0 Å². The first-order chi connectivity index (χ1) is 6.08. The normalized spacial score (nSPS) is 17.9. The summed E-state index contributed by atoms with van der Waals surface area (Å²) in [6.07, 6.45) is -4.30. The SMILES string of the molecule is CO[C@@H](C(=O)CO)[C@H](O)[C@@H](O)CO. The molecule has 0 aromatic rings. The summed E-state index contributed by atoms with van der Waals surface area (Å²) in [7, 11) is 1.16. The molecule has 0 amide bonds. The third-order valence-corrected chi connectivity index (χ3v) is 1.62. The highest BCUT2D eigenvalue weighted by Gasteiger charge is 2.30. The van der Waals surface area contributed by atoms with Crippen LogP contribution in [0.25, 0.3) is 0 Å². The molecule has 0 rings (SSSR count). The maximum absolute atomic E-state index is 10.9. The van der Waals surface area contributed by atoms with Crippen LogP contribution in [0.15, 0.2) is 0 Å². The van der Waals surface area contributed by atoms with Crippen LogP contribution in [0.5, 0.6) is 0 Å². The molecule has 0 radical (unpaired) electrons. The van der Waals surface area contributed by atoms with Crippen molar-refractivity contribution in [2.45, 2.75) is 18.3 Å². The Balaban J connectivity index is 4.30. The number of carbonyl (C=O) groups excluding carboxylic acids is 1. The molecule has 6 nitrogen and oxygen atoms in total. The van der Waals surface area contributed by atoms with E-state index in [9.17, 15) is 9.90 Å². The second-order valence-corrected chi connectivity index (χ2v) is 2.52. The number of ether oxygens (including phenoxy) is 1. The van der Waals surface area contributed by atoms with Crippen LogP contribution in [-0.2, 0) is 9.53 Å². The fourth-order valence-corrected chi connectivity index (χ4v) is 0.861. The van der Waals surface area contributed by atoms with Crippen molar-refractivity contribution in [3.05, 3.63) is 0 Å². The van der Waals surface area contributed by atoms with E-state index in [2.05, 4.69) is 4.74 Å². The van der Waals surface area contributed by atoms with Crippen LogP contribution in [-0.4, -0.2) is 64.8 Å². The molecular weight excluding hydrogens is 180 g/mol. The van der Waals surface area contributed by atoms with Gasteiger partial charge in [0.05, 0.1) is 6.61 Å². The lowest BCUT2D eigenvalue weighted by molar-refractivity contribution is -0.146. The Labute approximate surface area is 75.4 Å². The van der Waals surface area contributed by atoms with Gasteiger partial charge in [-0.3, -0.25) is 4.79 Å². The molecule has 6 heteroatoms. The fraction of sp³-hybridized carbons (Fsp3) is 0.857. The minimum atomic E-state index is -1.53. The van der Waals surface area contributed by atoms with Gasteiger partial charge in [0.1, 0.15) is 24.9 Å². The van der Waals surface area contributed by atoms with Crippen molar-refractivity contribution in [1.82, 2.24) is 0 Å². The van der Waals surface area contributed by atoms with Gasteiger partial charge in [0.25, 0.3) is 0 Å². The van der Waals surface area contributed by atoms with E-state index >= 15 is 0 Å². The van der Waals surface area contributed by atoms with Crippen LogP contribution in [0.1, 0.15) is 0 Å². The van der Waals surface area contributed by atoms with Crippen molar-refractivity contribution in [3.63, 3.8) is 0 Å². The lowest BCUT2D eigenvalue weighted by Crippen LogP contribution is -2.45. The lowest BCUT2D eigenvalue weighted by atomic mass is 10.1. The maximum Gasteiger partial charge on any atom is 0.189 e. The first kappa shape index (κ1) is 12.5. The number of methoxy groups -OCH3 is 1. The Kier molecular flexibility index (Phi) is 5.76. The number of hydrogen-bond donors (Lipinski definition) is 4. The molecule has 0 saturated carbocycles. The van der Waals surface area contributed by atoms with Gasteiger partial charge in [0.2, 0.25) is 0 Å². The number of hydrogen-bond acceptors (Lipinski definition) is 6. The van der Waals surface area contributed by atoms with Crippen molar-refractivity contribution < 1.29 is 30.0 Å². The van der Waals surface area contributed by atoms with Gasteiger partial charge in [-0.2, -0.15) is 0 Å². The van der Waals surface area contributed by atoms with Gasteiger partial charge in [-0.05, 0) is 0 Å². The van der Waals surface area contributed by atoms with Crippen molar-refractivity contribution >= 4 is 5.78 Å². The summed E-state index contributed by atoms with van der Waals surface area (Å²) in [5, 5.41) is 35.1. The summed E-state index contributed by atoms with van der Waals surface area (Å²) >= 11 is 0. The highest BCUT2D eigenvalue weighted by molar-refractivity contribution is 5.84. The largest absolute Gasteiger partial charge is 0.394 e. The van der Waals surface area contributed by atoms with Crippen molar-refractivity contribution in [3.8, 4) is 0 Å². The number of rotatable bonds is 6. The zero-order valence-electron chi connectivity index (χ0n) is 7.25. The second-order valence-electron chi connectivity index (χ2n) is 2.52. The van der Waals surface area contributed by atoms with E-state index in [0.717, 1.165) is 7.11 Å². The quantitative estimate of drug-likeness (QED) is 0.366. The Morgan fingerprint density at radius 3 is 2.23 bits per heavy atom. The van der Waals surface area contributed by atoms with Gasteiger partial charge >= 0.3 is 0 Å². The third-order valence-electron chi connectivity index (χ3n) is 1.62. The molecule has 78 valence electrons. The zero-order valence-corrected chi connectivity index (χ0v) is 7.25. The van der Waals surface area contributed by atoms with Gasteiger partial charge in [-0.25, -0.2) is 0 Å². The van der Waals surface area contributed by atoms with E-state index in [4.69, 9.17) is 15.3 Å². The smallest absolute Gasteiger partial charge is 0.189 e. The van der Waals surface area contributed by atoms with Crippen LogP contribution in [0.4, 0.5) is 0 Å². The topological polar surface area (TPSA) is 107 Å². The molecule has 0 heterocycles. The van der Waals surface area contributed by atoms with Gasteiger partial charge in [0, 0.05) is 7.11 Å². The molecule has 13 heavy (non-hydrogen) atoms. The third kappa shape index (κ3) is 3.37. The van der Waals surface area contributed by atoms with Crippen LogP contribution in [0.3, 0.4) is 0 Å². The number of carbonyl (C=O) groups is 1. The molecule has 0 aromatic heterocycles. The molecule has 0 aliphatic carbocycles. The molecule has 0 aliphatic rings. The molecule has 0 fully saturated rings. The van der Waals surface area contributed by atoms with E-state index in [-0.39, 0.29) is 0 Å². The van der Waals surface area contributed by atoms with Crippen LogP contribution >= 0.6 is 0 Å². The summed E-state index contributed by atoms with van der Waals surface area (Å²) in [6.45, 7) is -1.46. The number of Topliss-reactive ketones (excluding diaryl/α,β-unsaturated/α-hetero) is 1. The molecule has 4 N–H and O–H groups in total. The molecule has 0 saturated heterocycles. The number of aliphatic hydroxyl groups excluding tert-OH is 4. The standard InChI is InChI=1S/C7H14O6/c1-13-7(5(11)3-9)6(12)4(10)2-8/h4,6-10,12H,2-3H2,1H3/t4-,6+,7-/m0/s1. The number of ketones is 1. The minimum Gasteiger partial charge on any atom is -0.394 e. The maximum atomic E-state index is 10.9. The van der Waals surface area contributed by atoms with E-state index in [0.29, 0.717) is 0 Å². The van der Waals surface area contributed by atoms with E-state index < -0.39 is 37.3 Å². The molecule has 0 aliphatic heterocycles. The summed E-state index contributed by atoms with van der Waals surface area (Å²) < 4.78 is 4.56. The predicted octanol–water partition coefficient (Wildman–Crippen LogP) is -2.72. The zero-order chi connectivity index (χ0) is 10.4. The molecule has 0 spiro atoms. The predicted molar refractivity (Wildman–Crippen MR) is 42.0 cm³/mol. The molecular formula is C7H14O6. The summed E-state index contributed by atoms with van der Waals surface area (Å²) in [6, 6.07) is 0. The van der Waals surface area contributed by atoms with Gasteiger partial charge in [-0.1, -0.05) is 0 Å². The Hall–Kier alpha value is -0.530. The number of aliphatic hydroxyl groups is 4. The molecule has 3 atom stereocenters. The molecule has 0 bridgehead atoms. The van der Waals surface area contributed by atoms with Gasteiger partial charge < -0.3 is 25.2 Å². The average molecular weight is 194 g/mol. The first-order valence-corrected chi connectivity index (χ1v) is 3.71.